The summed E-state index contributed by atoms with van der Waals surface area (Å²) >= 11 is 12.1. The van der Waals surface area contributed by atoms with Crippen LogP contribution < -0.4 is 84.9 Å². The smallest absolute Gasteiger partial charge is 0.790 e. The van der Waals surface area contributed by atoms with Gasteiger partial charge in [0.05, 0.1) is 35.3 Å². The first-order valence-corrected chi connectivity index (χ1v) is 11.4. The van der Waals surface area contributed by atoms with Gasteiger partial charge in [-0.15, -0.1) is 0 Å². The number of nitrogens with one attached hydrogen (secondary N) is 3. The van der Waals surface area contributed by atoms with Crippen LogP contribution in [0.2, 0.25) is 10.0 Å². The number of halogens is 2. The van der Waals surface area contributed by atoms with Crippen molar-refractivity contribution in [3.63, 3.8) is 0 Å². The molecule has 16 heteroatoms. The van der Waals surface area contributed by atoms with Crippen LogP contribution in [0.15, 0.2) is 24.4 Å². The fourth-order valence-electron chi connectivity index (χ4n) is 3.00. The number of benzene rings is 1. The molecule has 33 heavy (non-hydrogen) atoms. The zero-order chi connectivity index (χ0) is 22.6. The Morgan fingerprint density at radius 3 is 2.36 bits per heavy atom. The number of piperidine rings is 1. The van der Waals surface area contributed by atoms with Crippen molar-refractivity contribution in [1.29, 1.82) is 0 Å². The summed E-state index contributed by atoms with van der Waals surface area (Å²) in [4.78, 5) is 47.0. The second-order valence-electron chi connectivity index (χ2n) is 6.68. The van der Waals surface area contributed by atoms with Crippen LogP contribution in [-0.4, -0.2) is 40.7 Å². The molecule has 1 saturated heterocycles. The van der Waals surface area contributed by atoms with Gasteiger partial charge in [-0.05, 0) is 38.1 Å². The van der Waals surface area contributed by atoms with Gasteiger partial charge < -0.3 is 34.8 Å². The molecule has 1 aliphatic heterocycles. The molecule has 1 fully saturated rings. The van der Waals surface area contributed by atoms with E-state index in [9.17, 15) is 23.9 Å². The van der Waals surface area contributed by atoms with E-state index in [1.165, 1.54) is 12.1 Å². The van der Waals surface area contributed by atoms with Crippen molar-refractivity contribution in [1.82, 2.24) is 20.4 Å². The minimum absolute atomic E-state index is 0. The summed E-state index contributed by atoms with van der Waals surface area (Å²) in [7, 11) is -5.27. The van der Waals surface area contributed by atoms with Crippen LogP contribution in [0, 0.1) is 0 Å². The molecule has 1 aromatic carbocycles. The molecule has 0 unspecified atom stereocenters. The number of phosphoric acid groups is 1. The number of rotatable bonds is 7. The average Bonchev–Trinajstić information content (AvgIpc) is 3.09. The third-order valence-corrected chi connectivity index (χ3v) is 5.50. The number of anilines is 1. The van der Waals surface area contributed by atoms with Gasteiger partial charge in [0.1, 0.15) is 6.73 Å². The fourth-order valence-corrected chi connectivity index (χ4v) is 3.82. The van der Waals surface area contributed by atoms with Gasteiger partial charge in [-0.3, -0.25) is 9.59 Å². The standard InChI is InChI=1S/C17H20Cl2N5O6P.2Na/c18-11-2-1-3-12(19)14(11)16(25)22-13-8-24(9-30-31(27,28)29)23-15(13)17(26)21-10-4-6-20-7-5-10;;/h1-3,8,10,20H,4-7,9H2,(H,21,26)(H,22,25)(H2,27,28,29);;/q;2*+1/p-2. The molecule has 1 aliphatic rings. The molecular formula is C17H18Cl2N5Na2O6P. The van der Waals surface area contributed by atoms with Crippen LogP contribution in [0.25, 0.3) is 0 Å². The van der Waals surface area contributed by atoms with E-state index < -0.39 is 26.4 Å². The third-order valence-electron chi connectivity index (χ3n) is 4.44. The number of carbonyl (C=O) groups is 2. The van der Waals surface area contributed by atoms with Gasteiger partial charge in [0, 0.05) is 6.04 Å². The van der Waals surface area contributed by atoms with E-state index in [1.54, 1.807) is 6.07 Å². The number of hydrogen-bond donors (Lipinski definition) is 3. The van der Waals surface area contributed by atoms with E-state index in [0.29, 0.717) is 12.8 Å². The topological polar surface area (TPSA) is 160 Å². The van der Waals surface area contributed by atoms with E-state index in [1.807, 2.05) is 0 Å². The summed E-state index contributed by atoms with van der Waals surface area (Å²) in [5.74, 6) is -1.29. The van der Waals surface area contributed by atoms with Crippen LogP contribution in [0.1, 0.15) is 33.7 Å². The summed E-state index contributed by atoms with van der Waals surface area (Å²) in [6.45, 7) is 0.717. The number of carbonyl (C=O) groups excluding carboxylic acids is 2. The Balaban J connectivity index is 0.00000272. The average molecular weight is 536 g/mol. The summed E-state index contributed by atoms with van der Waals surface area (Å²) in [6.07, 6.45) is 2.58. The molecule has 2 heterocycles. The molecule has 11 nitrogen and oxygen atoms in total. The summed E-state index contributed by atoms with van der Waals surface area (Å²) in [5.41, 5.74) is -0.240. The Morgan fingerprint density at radius 2 is 1.79 bits per heavy atom. The molecule has 0 radical (unpaired) electrons. The molecule has 2 aromatic rings. The van der Waals surface area contributed by atoms with Crippen molar-refractivity contribution in [3.05, 3.63) is 45.7 Å². The summed E-state index contributed by atoms with van der Waals surface area (Å²) in [5, 5.41) is 12.6. The molecule has 0 aliphatic carbocycles. The quantitative estimate of drug-likeness (QED) is 0.234. The Morgan fingerprint density at radius 1 is 1.18 bits per heavy atom. The van der Waals surface area contributed by atoms with Crippen LogP contribution in [0.3, 0.4) is 0 Å². The van der Waals surface area contributed by atoms with E-state index >= 15 is 0 Å². The van der Waals surface area contributed by atoms with Gasteiger partial charge >= 0.3 is 59.1 Å². The van der Waals surface area contributed by atoms with E-state index in [0.717, 1.165) is 24.0 Å². The number of amides is 2. The zero-order valence-corrected chi connectivity index (χ0v) is 24.4. The molecule has 1 aromatic heterocycles. The first-order chi connectivity index (χ1) is 14.6. The molecule has 168 valence electrons. The fraction of sp³-hybridized carbons (Fsp3) is 0.353. The van der Waals surface area contributed by atoms with Crippen LogP contribution in [0.5, 0.6) is 0 Å². The number of hydrogen-bond acceptors (Lipinski definition) is 8. The maximum atomic E-state index is 12.8. The van der Waals surface area contributed by atoms with E-state index in [4.69, 9.17) is 23.2 Å². The van der Waals surface area contributed by atoms with Crippen LogP contribution in [-0.2, 0) is 15.8 Å². The molecule has 0 atom stereocenters. The largest absolute Gasteiger partial charge is 1.00 e. The summed E-state index contributed by atoms with van der Waals surface area (Å²) in [6, 6.07) is 4.42. The number of nitrogens with zero attached hydrogens (tertiary/aromatic N) is 2. The number of phosphoric ester groups is 1. The molecule has 2 amide bonds. The second kappa shape index (κ2) is 13.9. The van der Waals surface area contributed by atoms with Crippen molar-refractivity contribution in [2.24, 2.45) is 0 Å². The zero-order valence-electron chi connectivity index (χ0n) is 18.0. The first-order valence-electron chi connectivity index (χ1n) is 9.15. The van der Waals surface area contributed by atoms with Gasteiger partial charge in [0.25, 0.3) is 11.8 Å². The molecule has 0 saturated carbocycles. The van der Waals surface area contributed by atoms with Gasteiger partial charge in [-0.1, -0.05) is 29.3 Å². The maximum Gasteiger partial charge on any atom is 1.00 e. The number of aromatic nitrogens is 2. The Labute approximate surface area is 244 Å². The minimum atomic E-state index is -5.27. The first kappa shape index (κ1) is 31.1. The predicted octanol–water partition coefficient (Wildman–Crippen LogP) is -5.27. The Hall–Kier alpha value is 0.0200. The maximum absolute atomic E-state index is 12.8. The Bertz CT molecular complexity index is 1010. The predicted molar refractivity (Wildman–Crippen MR) is 109 cm³/mol. The third kappa shape index (κ3) is 9.20. The van der Waals surface area contributed by atoms with Crippen LogP contribution >= 0.6 is 31.0 Å². The SMILES string of the molecule is O=C(NC1CCNCC1)c1nn(COP(=O)([O-])[O-])cc1NC(=O)c1c(Cl)cccc1Cl.[Na+].[Na+]. The Kier molecular flexibility index (Phi) is 13.1. The molecule has 0 bridgehead atoms. The van der Waals surface area contributed by atoms with Gasteiger partial charge in [0.15, 0.2) is 5.69 Å². The minimum Gasteiger partial charge on any atom is -0.790 e. The molecule has 0 spiro atoms. The van der Waals surface area contributed by atoms with Crippen molar-refractivity contribution in [3.8, 4) is 0 Å². The van der Waals surface area contributed by atoms with Crippen molar-refractivity contribution in [2.45, 2.75) is 25.6 Å². The summed E-state index contributed by atoms with van der Waals surface area (Å²) < 4.78 is 15.9. The van der Waals surface area contributed by atoms with Gasteiger partial charge in [-0.2, -0.15) is 5.10 Å². The van der Waals surface area contributed by atoms with Crippen molar-refractivity contribution >= 4 is 48.5 Å². The normalized spacial score (nSPS) is 14.1. The molecular weight excluding hydrogens is 518 g/mol. The van der Waals surface area contributed by atoms with E-state index in [-0.39, 0.29) is 92.1 Å². The monoisotopic (exact) mass is 535 g/mol. The van der Waals surface area contributed by atoms with Crippen molar-refractivity contribution < 1.29 is 87.6 Å². The van der Waals surface area contributed by atoms with E-state index in [2.05, 4.69) is 25.6 Å². The second-order valence-corrected chi connectivity index (χ2v) is 8.65. The molecule has 3 N–H and O–H groups in total. The van der Waals surface area contributed by atoms with Crippen molar-refractivity contribution in [2.75, 3.05) is 18.4 Å². The van der Waals surface area contributed by atoms with Crippen LogP contribution in [0.4, 0.5) is 5.69 Å². The molecule has 3 rings (SSSR count). The van der Waals surface area contributed by atoms with Gasteiger partial charge in [0.2, 0.25) is 0 Å². The van der Waals surface area contributed by atoms with Gasteiger partial charge in [-0.25, -0.2) is 4.68 Å².